The number of aryl methyl sites for hydroxylation is 3. The number of hydrogen-bond donors (Lipinski definition) is 0. The minimum atomic E-state index is -0.322. The van der Waals surface area contributed by atoms with Gasteiger partial charge in [-0.25, -0.2) is 9.78 Å². The van der Waals surface area contributed by atoms with E-state index in [0.29, 0.717) is 30.2 Å². The molecular weight excluding hydrogens is 342 g/mol. The van der Waals surface area contributed by atoms with Crippen molar-refractivity contribution in [3.8, 4) is 0 Å². The Hall–Kier alpha value is -2.83. The van der Waals surface area contributed by atoms with Gasteiger partial charge in [0.2, 0.25) is 0 Å². The zero-order valence-electron chi connectivity index (χ0n) is 16.6. The van der Waals surface area contributed by atoms with Gasteiger partial charge in [0.1, 0.15) is 0 Å². The molecule has 0 spiro atoms. The molecule has 7 nitrogen and oxygen atoms in total. The van der Waals surface area contributed by atoms with Gasteiger partial charge in [-0.05, 0) is 39.3 Å². The van der Waals surface area contributed by atoms with Gasteiger partial charge in [0, 0.05) is 38.9 Å². The van der Waals surface area contributed by atoms with Crippen molar-refractivity contribution >= 4 is 16.9 Å². The molecule has 0 aliphatic heterocycles. The molecule has 0 saturated heterocycles. The second kappa shape index (κ2) is 7.42. The van der Waals surface area contributed by atoms with Crippen LogP contribution in [0.25, 0.3) is 11.2 Å². The summed E-state index contributed by atoms with van der Waals surface area (Å²) in [6, 6.07) is 8.75. The second-order valence-electron chi connectivity index (χ2n) is 7.30. The van der Waals surface area contributed by atoms with E-state index in [0.717, 1.165) is 12.2 Å². The van der Waals surface area contributed by atoms with Crippen LogP contribution in [0.2, 0.25) is 0 Å². The van der Waals surface area contributed by atoms with Crippen LogP contribution in [0.4, 0.5) is 5.69 Å². The molecule has 2 aromatic heterocycles. The number of aromatic nitrogens is 4. The van der Waals surface area contributed by atoms with Gasteiger partial charge in [0.15, 0.2) is 11.2 Å². The molecule has 2 heterocycles. The molecule has 0 amide bonds. The maximum Gasteiger partial charge on any atom is 0.332 e. The molecule has 0 bridgehead atoms. The number of benzene rings is 1. The van der Waals surface area contributed by atoms with E-state index in [1.54, 1.807) is 25.0 Å². The van der Waals surface area contributed by atoms with Crippen LogP contribution in [-0.2, 0) is 20.6 Å². The van der Waals surface area contributed by atoms with Crippen molar-refractivity contribution in [2.45, 2.75) is 39.8 Å². The maximum absolute atomic E-state index is 12.8. The SMILES string of the molecule is Cc1ccc(N(CCCn2c(=O)c3c(ncn3C)n(C)c2=O)C(C)C)cc1. The van der Waals surface area contributed by atoms with Gasteiger partial charge in [-0.2, -0.15) is 0 Å². The lowest BCUT2D eigenvalue weighted by molar-refractivity contribution is 0.550. The standard InChI is InChI=1S/C20H27N5O2/c1-14(2)24(16-9-7-15(3)8-10-16)11-6-12-25-19(26)17-18(21-13-22(17)4)23(5)20(25)27/h7-10,13-14H,6,11-12H2,1-5H3. The van der Waals surface area contributed by atoms with Crippen molar-refractivity contribution in [3.63, 3.8) is 0 Å². The summed E-state index contributed by atoms with van der Waals surface area (Å²) in [7, 11) is 3.42. The lowest BCUT2D eigenvalue weighted by atomic mass is 10.2. The summed E-state index contributed by atoms with van der Waals surface area (Å²) in [5.41, 5.74) is 2.65. The highest BCUT2D eigenvalue weighted by atomic mass is 16.2. The van der Waals surface area contributed by atoms with E-state index in [2.05, 4.69) is 54.9 Å². The first-order valence-electron chi connectivity index (χ1n) is 9.25. The Labute approximate surface area is 158 Å². The molecule has 1 aromatic carbocycles. The minimum Gasteiger partial charge on any atom is -0.369 e. The Morgan fingerprint density at radius 2 is 1.78 bits per heavy atom. The quantitative estimate of drug-likeness (QED) is 0.667. The average molecular weight is 369 g/mol. The van der Waals surface area contributed by atoms with Crippen LogP contribution >= 0.6 is 0 Å². The highest BCUT2D eigenvalue weighted by Crippen LogP contribution is 2.18. The molecule has 0 atom stereocenters. The zero-order valence-corrected chi connectivity index (χ0v) is 16.6. The smallest absolute Gasteiger partial charge is 0.332 e. The fraction of sp³-hybridized carbons (Fsp3) is 0.450. The average Bonchev–Trinajstić information content (AvgIpc) is 3.02. The molecule has 0 aliphatic rings. The monoisotopic (exact) mass is 369 g/mol. The molecule has 3 rings (SSSR count). The summed E-state index contributed by atoms with van der Waals surface area (Å²) in [5, 5.41) is 0. The lowest BCUT2D eigenvalue weighted by Gasteiger charge is -2.29. The summed E-state index contributed by atoms with van der Waals surface area (Å²) in [4.78, 5) is 31.8. The van der Waals surface area contributed by atoms with Crippen molar-refractivity contribution < 1.29 is 0 Å². The summed E-state index contributed by atoms with van der Waals surface area (Å²) in [6.45, 7) is 7.50. The Morgan fingerprint density at radius 3 is 2.41 bits per heavy atom. The first-order valence-corrected chi connectivity index (χ1v) is 9.25. The van der Waals surface area contributed by atoms with E-state index >= 15 is 0 Å². The highest BCUT2D eigenvalue weighted by Gasteiger charge is 2.16. The molecule has 0 saturated carbocycles. The molecule has 144 valence electrons. The normalized spacial score (nSPS) is 11.5. The summed E-state index contributed by atoms with van der Waals surface area (Å²) < 4.78 is 4.43. The zero-order chi connectivity index (χ0) is 19.7. The molecule has 0 fully saturated rings. The largest absolute Gasteiger partial charge is 0.369 e. The van der Waals surface area contributed by atoms with Crippen LogP contribution in [-0.4, -0.2) is 31.3 Å². The fourth-order valence-electron chi connectivity index (χ4n) is 3.41. The molecule has 7 heteroatoms. The van der Waals surface area contributed by atoms with Crippen molar-refractivity contribution in [3.05, 3.63) is 57.0 Å². The van der Waals surface area contributed by atoms with Gasteiger partial charge < -0.3 is 9.47 Å². The van der Waals surface area contributed by atoms with Crippen molar-refractivity contribution in [1.82, 2.24) is 18.7 Å². The predicted molar refractivity (Wildman–Crippen MR) is 108 cm³/mol. The van der Waals surface area contributed by atoms with E-state index in [1.165, 1.54) is 14.7 Å². The topological polar surface area (TPSA) is 65.1 Å². The number of rotatable bonds is 6. The van der Waals surface area contributed by atoms with Gasteiger partial charge in [0.05, 0.1) is 6.33 Å². The van der Waals surface area contributed by atoms with E-state index in [-0.39, 0.29) is 11.2 Å². The van der Waals surface area contributed by atoms with Crippen LogP contribution < -0.4 is 16.1 Å². The maximum atomic E-state index is 12.8. The highest BCUT2D eigenvalue weighted by molar-refractivity contribution is 5.69. The van der Waals surface area contributed by atoms with Crippen molar-refractivity contribution in [2.75, 3.05) is 11.4 Å². The number of fused-ring (bicyclic) bond motifs is 1. The Balaban J connectivity index is 1.84. The van der Waals surface area contributed by atoms with Crippen molar-refractivity contribution in [2.24, 2.45) is 14.1 Å². The van der Waals surface area contributed by atoms with Crippen molar-refractivity contribution in [1.29, 1.82) is 0 Å². The van der Waals surface area contributed by atoms with E-state index in [9.17, 15) is 9.59 Å². The molecule has 0 aliphatic carbocycles. The number of nitrogens with zero attached hydrogens (tertiary/aromatic N) is 5. The van der Waals surface area contributed by atoms with E-state index < -0.39 is 0 Å². The summed E-state index contributed by atoms with van der Waals surface area (Å²) >= 11 is 0. The van der Waals surface area contributed by atoms with Gasteiger partial charge >= 0.3 is 5.69 Å². The first-order chi connectivity index (χ1) is 12.8. The lowest BCUT2D eigenvalue weighted by Crippen LogP contribution is -2.40. The second-order valence-corrected chi connectivity index (χ2v) is 7.30. The molecule has 0 radical (unpaired) electrons. The molecule has 3 aromatic rings. The van der Waals surface area contributed by atoms with Crippen LogP contribution in [0.15, 0.2) is 40.2 Å². The predicted octanol–water partition coefficient (Wildman–Crippen LogP) is 2.05. The summed E-state index contributed by atoms with van der Waals surface area (Å²) in [6.07, 6.45) is 2.26. The minimum absolute atomic E-state index is 0.278. The molecular formula is C20H27N5O2. The third-order valence-corrected chi connectivity index (χ3v) is 4.97. The molecule has 27 heavy (non-hydrogen) atoms. The third-order valence-electron chi connectivity index (χ3n) is 4.97. The van der Waals surface area contributed by atoms with Gasteiger partial charge in [0.25, 0.3) is 5.56 Å². The summed E-state index contributed by atoms with van der Waals surface area (Å²) in [5.74, 6) is 0. The third kappa shape index (κ3) is 3.54. The van der Waals surface area contributed by atoms with Gasteiger partial charge in [-0.3, -0.25) is 13.9 Å². The fourth-order valence-corrected chi connectivity index (χ4v) is 3.41. The number of imidazole rings is 1. The Bertz CT molecular complexity index is 1060. The first kappa shape index (κ1) is 18.9. The van der Waals surface area contributed by atoms with E-state index in [4.69, 9.17) is 0 Å². The molecule has 0 unspecified atom stereocenters. The number of hydrogen-bond acceptors (Lipinski definition) is 4. The van der Waals surface area contributed by atoms with Crippen LogP contribution in [0, 0.1) is 6.92 Å². The molecule has 0 N–H and O–H groups in total. The Kier molecular flexibility index (Phi) is 5.21. The van der Waals surface area contributed by atoms with E-state index in [1.807, 2.05) is 0 Å². The van der Waals surface area contributed by atoms with Crippen LogP contribution in [0.3, 0.4) is 0 Å². The number of anilines is 1. The van der Waals surface area contributed by atoms with Gasteiger partial charge in [-0.1, -0.05) is 17.7 Å². The van der Waals surface area contributed by atoms with Crippen LogP contribution in [0.5, 0.6) is 0 Å². The Morgan fingerprint density at radius 1 is 1.11 bits per heavy atom. The van der Waals surface area contributed by atoms with Gasteiger partial charge in [-0.15, -0.1) is 0 Å². The van der Waals surface area contributed by atoms with Crippen LogP contribution in [0.1, 0.15) is 25.8 Å².